The maximum atomic E-state index is 14.8. The fourth-order valence-corrected chi connectivity index (χ4v) is 7.15. The fraction of sp³-hybridized carbons (Fsp3) is 0.512. The van der Waals surface area contributed by atoms with Gasteiger partial charge in [0, 0.05) is 50.3 Å². The zero-order chi connectivity index (χ0) is 46.9. The number of amides is 4. The normalized spacial score (nSPS) is 16.1. The van der Waals surface area contributed by atoms with E-state index in [0.29, 0.717) is 42.5 Å². The Bertz CT molecular complexity index is 1940. The third-order valence-corrected chi connectivity index (χ3v) is 10.3. The Balaban J connectivity index is 0.00000139. The molecule has 3 aromatic rings. The van der Waals surface area contributed by atoms with Gasteiger partial charge in [0.25, 0.3) is 0 Å². The number of nitrogens with two attached hydrogens (primary N) is 2. The number of carbonyl (C=O) groups is 6. The third kappa shape index (κ3) is 16.6. The van der Waals surface area contributed by atoms with E-state index in [2.05, 4.69) is 20.6 Å². The van der Waals surface area contributed by atoms with Gasteiger partial charge in [0.15, 0.2) is 0 Å². The Morgan fingerprint density at radius 3 is 2.11 bits per heavy atom. The van der Waals surface area contributed by atoms with E-state index in [4.69, 9.17) is 21.4 Å². The number of likely N-dealkylation sites (tertiary alicyclic amines) is 1. The second-order valence-corrected chi connectivity index (χ2v) is 15.9. The average Bonchev–Trinajstić information content (AvgIpc) is 3.94. The van der Waals surface area contributed by atoms with Crippen molar-refractivity contribution in [1.29, 1.82) is 0 Å². The standard InChI is InChI=1S/C41H58N8O7.C2HF3O2/c1-4-5-12-32(42)37(51)47-34(20-28-14-16-31(50)17-15-28)38(52)46-30(19-26(2)3)24-49(36(41(55)56)21-27-10-7-6-8-11-27)40(54)35-13-9-18-48(35)39(53)33(43)22-29-23-44-25-45-29;3-2(4,5)1(6)7/h6-8,10-11,14-17,23,25-26,30,32-36,50H,4-5,9,12-13,18-22,24,42-43H2,1-3H3,(H,44,45)(H,46,52)(H,47,51)(H,55,56);(H,6,7)/t30-,32-,33-,34-,35-,36-;/m0./s1. The smallest absolute Gasteiger partial charge is 0.490 e. The minimum Gasteiger partial charge on any atom is -0.508 e. The number of halogens is 3. The Morgan fingerprint density at radius 1 is 0.921 bits per heavy atom. The van der Waals surface area contributed by atoms with Crippen LogP contribution in [0.5, 0.6) is 5.75 Å². The number of alkyl halides is 3. The molecule has 6 atom stereocenters. The predicted molar refractivity (Wildman–Crippen MR) is 225 cm³/mol. The van der Waals surface area contributed by atoms with Crippen LogP contribution in [0.15, 0.2) is 67.1 Å². The van der Waals surface area contributed by atoms with Gasteiger partial charge in [-0.1, -0.05) is 76.1 Å². The number of carboxylic acid groups (broad SMARTS) is 2. The second-order valence-electron chi connectivity index (χ2n) is 15.9. The molecule has 0 bridgehead atoms. The molecule has 20 heteroatoms. The predicted octanol–water partition coefficient (Wildman–Crippen LogP) is 2.91. The molecule has 1 aliphatic rings. The van der Waals surface area contributed by atoms with E-state index in [1.807, 2.05) is 26.8 Å². The molecular formula is C43H59F3N8O9. The summed E-state index contributed by atoms with van der Waals surface area (Å²) in [4.78, 5) is 87.6. The monoisotopic (exact) mass is 888 g/mol. The topological polar surface area (TPSA) is 274 Å². The highest BCUT2D eigenvalue weighted by atomic mass is 19.4. The minimum atomic E-state index is -5.08. The van der Waals surface area contributed by atoms with Crippen LogP contribution in [0.4, 0.5) is 13.2 Å². The van der Waals surface area contributed by atoms with Crippen molar-refractivity contribution in [3.63, 3.8) is 0 Å². The lowest BCUT2D eigenvalue weighted by Crippen LogP contribution is -2.60. The molecule has 4 amide bonds. The highest BCUT2D eigenvalue weighted by molar-refractivity contribution is 5.93. The molecule has 1 aliphatic heterocycles. The van der Waals surface area contributed by atoms with Crippen LogP contribution in [0.3, 0.4) is 0 Å². The van der Waals surface area contributed by atoms with Gasteiger partial charge in [-0.05, 0) is 54.9 Å². The lowest BCUT2D eigenvalue weighted by molar-refractivity contribution is -0.192. The number of phenolic OH excluding ortho intramolecular Hbond substituents is 1. The zero-order valence-electron chi connectivity index (χ0n) is 35.6. The largest absolute Gasteiger partial charge is 0.508 e. The summed E-state index contributed by atoms with van der Waals surface area (Å²) >= 11 is 0. The van der Waals surface area contributed by atoms with E-state index in [0.717, 1.165) is 12.8 Å². The van der Waals surface area contributed by atoms with E-state index >= 15 is 0 Å². The van der Waals surface area contributed by atoms with Crippen LogP contribution < -0.4 is 22.1 Å². The summed E-state index contributed by atoms with van der Waals surface area (Å²) in [5, 5.41) is 33.5. The first kappa shape index (κ1) is 51.3. The van der Waals surface area contributed by atoms with Gasteiger partial charge in [-0.15, -0.1) is 0 Å². The Kier molecular flexibility index (Phi) is 20.0. The molecule has 4 rings (SSSR count). The first-order valence-corrected chi connectivity index (χ1v) is 20.8. The first-order valence-electron chi connectivity index (χ1n) is 20.8. The SMILES string of the molecule is CCCC[C@H](N)C(=O)N[C@@H](Cc1ccc(O)cc1)C(=O)N[C@@H](CC(C)C)CN(C(=O)[C@@H]1CCCN1C(=O)[C@@H](N)Cc1cnc[nH]1)[C@@H](Cc1ccccc1)C(=O)O.O=C(O)C(F)(F)F. The molecule has 2 heterocycles. The molecule has 1 fully saturated rings. The fourth-order valence-electron chi connectivity index (χ4n) is 7.15. The number of carboxylic acids is 2. The van der Waals surface area contributed by atoms with E-state index in [9.17, 15) is 47.4 Å². The van der Waals surface area contributed by atoms with Crippen LogP contribution in [-0.2, 0) is 48.0 Å². The molecule has 2 aromatic carbocycles. The summed E-state index contributed by atoms with van der Waals surface area (Å²) < 4.78 is 31.7. The number of benzene rings is 2. The van der Waals surface area contributed by atoms with Crippen molar-refractivity contribution >= 4 is 35.6 Å². The van der Waals surface area contributed by atoms with Gasteiger partial charge < -0.3 is 52.2 Å². The number of H-pyrrole nitrogens is 1. The van der Waals surface area contributed by atoms with Crippen molar-refractivity contribution in [1.82, 2.24) is 30.4 Å². The van der Waals surface area contributed by atoms with E-state index in [1.165, 1.54) is 28.3 Å². The number of rotatable bonds is 21. The number of aliphatic carboxylic acids is 2. The van der Waals surface area contributed by atoms with Crippen molar-refractivity contribution in [2.24, 2.45) is 17.4 Å². The molecule has 17 nitrogen and oxygen atoms in total. The highest BCUT2D eigenvalue weighted by Crippen LogP contribution is 2.24. The van der Waals surface area contributed by atoms with Crippen LogP contribution in [0.2, 0.25) is 0 Å². The zero-order valence-corrected chi connectivity index (χ0v) is 35.6. The number of nitrogens with zero attached hydrogens (tertiary/aromatic N) is 3. The number of aromatic nitrogens is 2. The highest BCUT2D eigenvalue weighted by Gasteiger charge is 2.43. The van der Waals surface area contributed by atoms with Gasteiger partial charge in [0.05, 0.1) is 18.4 Å². The molecule has 1 saturated heterocycles. The minimum absolute atomic E-state index is 0.00676. The quantitative estimate of drug-likeness (QED) is 0.0767. The molecular weight excluding hydrogens is 830 g/mol. The Labute approximate surface area is 363 Å². The molecule has 346 valence electrons. The van der Waals surface area contributed by atoms with Crippen molar-refractivity contribution in [3.8, 4) is 5.75 Å². The summed E-state index contributed by atoms with van der Waals surface area (Å²) in [5.74, 6) is -5.94. The summed E-state index contributed by atoms with van der Waals surface area (Å²) in [5.41, 5.74) is 14.6. The van der Waals surface area contributed by atoms with Gasteiger partial charge in [0.2, 0.25) is 23.6 Å². The molecule has 0 radical (unpaired) electrons. The number of aromatic hydroxyl groups is 1. The number of phenols is 1. The molecule has 0 unspecified atom stereocenters. The maximum absolute atomic E-state index is 14.8. The van der Waals surface area contributed by atoms with E-state index in [-0.39, 0.29) is 44.0 Å². The van der Waals surface area contributed by atoms with Crippen molar-refractivity contribution < 1.29 is 57.3 Å². The van der Waals surface area contributed by atoms with Crippen molar-refractivity contribution in [3.05, 3.63) is 83.9 Å². The summed E-state index contributed by atoms with van der Waals surface area (Å²) in [6, 6.07) is 9.35. The second kappa shape index (κ2) is 24.6. The number of nitrogens with one attached hydrogen (secondary N) is 3. The molecule has 1 aromatic heterocycles. The van der Waals surface area contributed by atoms with Crippen LogP contribution in [0.1, 0.15) is 76.1 Å². The van der Waals surface area contributed by atoms with Gasteiger partial charge in [0.1, 0.15) is 23.9 Å². The van der Waals surface area contributed by atoms with Gasteiger partial charge in [-0.3, -0.25) is 19.2 Å². The van der Waals surface area contributed by atoms with Crippen molar-refractivity contribution in [2.45, 2.75) is 121 Å². The Morgan fingerprint density at radius 2 is 1.56 bits per heavy atom. The maximum Gasteiger partial charge on any atom is 0.490 e. The molecule has 0 saturated carbocycles. The number of hydrogen-bond donors (Lipinski definition) is 8. The lowest BCUT2D eigenvalue weighted by Gasteiger charge is -2.37. The first-order chi connectivity index (χ1) is 29.7. The van der Waals surface area contributed by atoms with Crippen molar-refractivity contribution in [2.75, 3.05) is 13.1 Å². The lowest BCUT2D eigenvalue weighted by atomic mass is 9.98. The number of carbonyl (C=O) groups excluding carboxylic acids is 4. The molecule has 10 N–H and O–H groups in total. The number of imidazole rings is 1. The molecule has 63 heavy (non-hydrogen) atoms. The molecule has 0 aliphatic carbocycles. The van der Waals surface area contributed by atoms with Gasteiger partial charge in [-0.25, -0.2) is 14.6 Å². The Hall–Kier alpha value is -6.02. The van der Waals surface area contributed by atoms with E-state index < -0.39 is 78.0 Å². The number of aromatic amines is 1. The van der Waals surface area contributed by atoms with Crippen LogP contribution >= 0.6 is 0 Å². The van der Waals surface area contributed by atoms with Crippen LogP contribution in [0.25, 0.3) is 0 Å². The van der Waals surface area contributed by atoms with Gasteiger partial charge in [-0.2, -0.15) is 13.2 Å². The summed E-state index contributed by atoms with van der Waals surface area (Å²) in [6.45, 7) is 5.99. The van der Waals surface area contributed by atoms with Crippen LogP contribution in [0, 0.1) is 5.92 Å². The third-order valence-electron chi connectivity index (χ3n) is 10.3. The number of unbranched alkanes of at least 4 members (excludes halogenated alkanes) is 1. The summed E-state index contributed by atoms with van der Waals surface area (Å²) in [6.07, 6.45) is 1.45. The van der Waals surface area contributed by atoms with Gasteiger partial charge >= 0.3 is 18.1 Å². The van der Waals surface area contributed by atoms with Crippen LogP contribution in [-0.4, -0.2) is 126 Å². The van der Waals surface area contributed by atoms with E-state index in [1.54, 1.807) is 42.6 Å². The molecule has 0 spiro atoms. The average molecular weight is 889 g/mol. The number of hydrogen-bond acceptors (Lipinski definition) is 10. The summed E-state index contributed by atoms with van der Waals surface area (Å²) in [7, 11) is 0.